The van der Waals surface area contributed by atoms with E-state index >= 15 is 0 Å². The highest BCUT2D eigenvalue weighted by molar-refractivity contribution is 5.88. The number of epoxide rings is 1. The first-order valence-electron chi connectivity index (χ1n) is 9.35. The summed E-state index contributed by atoms with van der Waals surface area (Å²) in [6.07, 6.45) is 9.74. The Morgan fingerprint density at radius 1 is 1.23 bits per heavy atom. The topological polar surface area (TPSA) is 76.1 Å². The molecule has 0 saturated carbocycles. The molecule has 2 rings (SSSR count). The average Bonchev–Trinajstić information content (AvgIpc) is 3.23. The number of carboxylic acids is 1. The summed E-state index contributed by atoms with van der Waals surface area (Å²) >= 11 is 0. The highest BCUT2D eigenvalue weighted by Crippen LogP contribution is 2.43. The van der Waals surface area contributed by atoms with Crippen molar-refractivity contribution in [2.45, 2.75) is 71.0 Å². The van der Waals surface area contributed by atoms with Gasteiger partial charge >= 0.3 is 11.9 Å². The second-order valence-electron chi connectivity index (χ2n) is 7.61. The molecule has 1 fully saturated rings. The molecule has 0 aromatic carbocycles. The van der Waals surface area contributed by atoms with Crippen LogP contribution in [0.25, 0.3) is 0 Å². The van der Waals surface area contributed by atoms with Gasteiger partial charge in [0.15, 0.2) is 0 Å². The summed E-state index contributed by atoms with van der Waals surface area (Å²) in [6, 6.07) is 0. The summed E-state index contributed by atoms with van der Waals surface area (Å²) < 4.78 is 10.7. The molecule has 2 atom stereocenters. The molecule has 0 radical (unpaired) electrons. The van der Waals surface area contributed by atoms with Crippen molar-refractivity contribution in [3.8, 4) is 0 Å². The third-order valence-electron chi connectivity index (χ3n) is 5.39. The van der Waals surface area contributed by atoms with Crippen LogP contribution in [0.15, 0.2) is 34.9 Å². The van der Waals surface area contributed by atoms with E-state index in [-0.39, 0.29) is 23.6 Å². The van der Waals surface area contributed by atoms with Crippen LogP contribution in [0, 0.1) is 5.92 Å². The first-order chi connectivity index (χ1) is 12.3. The molecule has 0 bridgehead atoms. The Morgan fingerprint density at radius 2 is 1.96 bits per heavy atom. The zero-order valence-electron chi connectivity index (χ0n) is 16.2. The fraction of sp³-hybridized carbons (Fsp3) is 0.619. The van der Waals surface area contributed by atoms with E-state index in [9.17, 15) is 14.7 Å². The summed E-state index contributed by atoms with van der Waals surface area (Å²) in [4.78, 5) is 23.6. The van der Waals surface area contributed by atoms with Crippen LogP contribution in [0.3, 0.4) is 0 Å². The standard InChI is InChI=1S/C21H30O5/c1-14(2)15-7-9-16(19(22)23)6-5-13-21(3)18(26-21)12-11-17(10-8-15)20(24)25-4/h6,8,10,14,18H,5,7,9,11-13H2,1-4H3,(H,22,23)/b15-8+,16-6?,17-10?/t18-,21-/m0/s1. The zero-order valence-corrected chi connectivity index (χ0v) is 16.2. The molecule has 0 spiro atoms. The van der Waals surface area contributed by atoms with Gasteiger partial charge in [0, 0.05) is 11.1 Å². The molecule has 0 aromatic heterocycles. The van der Waals surface area contributed by atoms with E-state index in [0.717, 1.165) is 18.4 Å². The molecule has 26 heavy (non-hydrogen) atoms. The molecule has 1 aliphatic carbocycles. The van der Waals surface area contributed by atoms with E-state index in [2.05, 4.69) is 20.8 Å². The van der Waals surface area contributed by atoms with Gasteiger partial charge in [-0.15, -0.1) is 0 Å². The van der Waals surface area contributed by atoms with E-state index in [4.69, 9.17) is 9.47 Å². The Bertz CT molecular complexity index is 641. The SMILES string of the molecule is COC(=O)C1=C/C=C(/C(C)C)CCC(C(=O)O)=CCC[C@]2(C)O[C@H]2CC1. The van der Waals surface area contributed by atoms with Gasteiger partial charge in [0.05, 0.1) is 18.8 Å². The van der Waals surface area contributed by atoms with Crippen LogP contribution >= 0.6 is 0 Å². The van der Waals surface area contributed by atoms with E-state index in [1.54, 1.807) is 0 Å². The van der Waals surface area contributed by atoms with Crippen molar-refractivity contribution in [3.05, 3.63) is 34.9 Å². The summed E-state index contributed by atoms with van der Waals surface area (Å²) in [7, 11) is 1.39. The van der Waals surface area contributed by atoms with Gasteiger partial charge in [-0.1, -0.05) is 37.6 Å². The maximum absolute atomic E-state index is 12.1. The lowest BCUT2D eigenvalue weighted by atomic mass is 9.92. The summed E-state index contributed by atoms with van der Waals surface area (Å²) in [6.45, 7) is 6.21. The van der Waals surface area contributed by atoms with Gasteiger partial charge in [0.1, 0.15) is 0 Å². The lowest BCUT2D eigenvalue weighted by molar-refractivity contribution is -0.136. The fourth-order valence-corrected chi connectivity index (χ4v) is 3.43. The Labute approximate surface area is 155 Å². The molecule has 5 heteroatoms. The van der Waals surface area contributed by atoms with Crippen molar-refractivity contribution in [2.75, 3.05) is 7.11 Å². The summed E-state index contributed by atoms with van der Waals surface area (Å²) in [5.41, 5.74) is 1.99. The number of carbonyl (C=O) groups is 2. The monoisotopic (exact) mass is 362 g/mol. The van der Waals surface area contributed by atoms with Gasteiger partial charge in [-0.25, -0.2) is 9.59 Å². The molecule has 1 aliphatic heterocycles. The number of hydrogen-bond donors (Lipinski definition) is 1. The Balaban J connectivity index is 2.30. The number of hydrogen-bond acceptors (Lipinski definition) is 4. The number of carboxylic acid groups (broad SMARTS) is 1. The molecule has 1 N–H and O–H groups in total. The quantitative estimate of drug-likeness (QED) is 0.602. The van der Waals surface area contributed by atoms with Crippen LogP contribution in [-0.2, 0) is 19.1 Å². The van der Waals surface area contributed by atoms with Gasteiger partial charge in [0.2, 0.25) is 0 Å². The van der Waals surface area contributed by atoms with Gasteiger partial charge in [-0.3, -0.25) is 0 Å². The average molecular weight is 362 g/mol. The number of esters is 1. The number of methoxy groups -OCH3 is 1. The number of rotatable bonds is 3. The smallest absolute Gasteiger partial charge is 0.333 e. The molecule has 0 unspecified atom stereocenters. The van der Waals surface area contributed by atoms with E-state index < -0.39 is 5.97 Å². The van der Waals surface area contributed by atoms with Crippen molar-refractivity contribution in [1.29, 1.82) is 0 Å². The predicted molar refractivity (Wildman–Crippen MR) is 99.7 cm³/mol. The van der Waals surface area contributed by atoms with Crippen LogP contribution in [0.2, 0.25) is 0 Å². The van der Waals surface area contributed by atoms with Crippen molar-refractivity contribution in [3.63, 3.8) is 0 Å². The van der Waals surface area contributed by atoms with Crippen molar-refractivity contribution < 1.29 is 24.2 Å². The van der Waals surface area contributed by atoms with Crippen molar-refractivity contribution >= 4 is 11.9 Å². The molecule has 144 valence electrons. The molecule has 0 amide bonds. The number of aliphatic carboxylic acids is 1. The minimum absolute atomic E-state index is 0.105. The van der Waals surface area contributed by atoms with Crippen molar-refractivity contribution in [1.82, 2.24) is 0 Å². The Kier molecular flexibility index (Phi) is 6.81. The number of ether oxygens (including phenoxy) is 2. The molecular formula is C21H30O5. The second-order valence-corrected chi connectivity index (χ2v) is 7.61. The highest BCUT2D eigenvalue weighted by atomic mass is 16.6. The highest BCUT2D eigenvalue weighted by Gasteiger charge is 2.50. The molecule has 5 nitrogen and oxygen atoms in total. The first-order valence-corrected chi connectivity index (χ1v) is 9.35. The Morgan fingerprint density at radius 3 is 2.58 bits per heavy atom. The normalized spacial score (nSPS) is 29.4. The maximum atomic E-state index is 12.1. The number of allylic oxidation sites excluding steroid dienone is 4. The molecule has 1 heterocycles. The predicted octanol–water partition coefficient (Wildman–Crippen LogP) is 4.19. The van der Waals surface area contributed by atoms with Crippen LogP contribution in [0.5, 0.6) is 0 Å². The van der Waals surface area contributed by atoms with Gasteiger partial charge in [-0.2, -0.15) is 0 Å². The van der Waals surface area contributed by atoms with Gasteiger partial charge in [-0.05, 0) is 51.4 Å². The van der Waals surface area contributed by atoms with Crippen LogP contribution in [0.1, 0.15) is 59.3 Å². The Hall–Kier alpha value is -1.88. The molecular weight excluding hydrogens is 332 g/mol. The van der Waals surface area contributed by atoms with Crippen LogP contribution < -0.4 is 0 Å². The number of fused-ring (bicyclic) bond motifs is 1. The fourth-order valence-electron chi connectivity index (χ4n) is 3.43. The molecule has 1 saturated heterocycles. The van der Waals surface area contributed by atoms with Gasteiger partial charge < -0.3 is 14.6 Å². The van der Waals surface area contributed by atoms with E-state index in [1.807, 2.05) is 18.2 Å². The number of carbonyl (C=O) groups excluding carboxylic acids is 1. The summed E-state index contributed by atoms with van der Waals surface area (Å²) in [5.74, 6) is -0.891. The third kappa shape index (κ3) is 5.31. The van der Waals surface area contributed by atoms with E-state index in [0.29, 0.717) is 36.8 Å². The minimum Gasteiger partial charge on any atom is -0.478 e. The van der Waals surface area contributed by atoms with Crippen LogP contribution in [-0.4, -0.2) is 35.9 Å². The molecule has 0 aromatic rings. The van der Waals surface area contributed by atoms with Crippen molar-refractivity contribution in [2.24, 2.45) is 5.92 Å². The largest absolute Gasteiger partial charge is 0.478 e. The second kappa shape index (κ2) is 8.67. The lowest BCUT2D eigenvalue weighted by Gasteiger charge is -2.13. The minimum atomic E-state index is -0.857. The zero-order chi connectivity index (χ0) is 19.3. The third-order valence-corrected chi connectivity index (χ3v) is 5.39. The lowest BCUT2D eigenvalue weighted by Crippen LogP contribution is -2.12. The van der Waals surface area contributed by atoms with E-state index in [1.165, 1.54) is 7.11 Å². The first kappa shape index (κ1) is 20.4. The summed E-state index contributed by atoms with van der Waals surface area (Å²) in [5, 5.41) is 9.46. The van der Waals surface area contributed by atoms with Crippen LogP contribution in [0.4, 0.5) is 0 Å². The maximum Gasteiger partial charge on any atom is 0.333 e. The van der Waals surface area contributed by atoms with Gasteiger partial charge in [0.25, 0.3) is 0 Å². The molecule has 2 aliphatic rings.